The Hall–Kier alpha value is -2.75. The van der Waals surface area contributed by atoms with Crippen molar-refractivity contribution < 1.29 is 9.59 Å². The van der Waals surface area contributed by atoms with Crippen LogP contribution in [0, 0.1) is 0 Å². The molecule has 4 nitrogen and oxygen atoms in total. The number of anilines is 1. The number of nitrogens with one attached hydrogen (secondary N) is 1. The summed E-state index contributed by atoms with van der Waals surface area (Å²) in [5.41, 5.74) is 1.83. The van der Waals surface area contributed by atoms with Crippen molar-refractivity contribution in [2.75, 3.05) is 5.32 Å². The molecular weight excluding hydrogens is 264 g/mol. The first-order valence-corrected chi connectivity index (χ1v) is 6.67. The van der Waals surface area contributed by atoms with E-state index in [1.165, 1.54) is 0 Å². The summed E-state index contributed by atoms with van der Waals surface area (Å²) in [6.07, 6.45) is 1.65. The van der Waals surface area contributed by atoms with E-state index in [-0.39, 0.29) is 6.42 Å². The molecule has 2 aromatic carbocycles. The molecule has 1 N–H and O–H groups in total. The van der Waals surface area contributed by atoms with Crippen LogP contribution < -0.4 is 5.32 Å². The second-order valence-corrected chi connectivity index (χ2v) is 4.46. The van der Waals surface area contributed by atoms with E-state index in [2.05, 4.69) is 10.3 Å². The molecule has 0 fully saturated rings. The van der Waals surface area contributed by atoms with Gasteiger partial charge in [-0.05, 0) is 24.3 Å². The van der Waals surface area contributed by atoms with Gasteiger partial charge in [-0.15, -0.1) is 0 Å². The van der Waals surface area contributed by atoms with E-state index in [9.17, 15) is 9.59 Å². The maximum absolute atomic E-state index is 11.3. The van der Waals surface area contributed by atoms with Gasteiger partial charge in [0, 0.05) is 12.1 Å². The lowest BCUT2D eigenvalue weighted by Gasteiger charge is -2.16. The number of para-hydroxylation sites is 2. The Labute approximate surface area is 123 Å². The number of nitrogens with zero attached hydrogens (tertiary/aromatic N) is 1. The van der Waals surface area contributed by atoms with Crippen molar-refractivity contribution in [3.8, 4) is 0 Å². The lowest BCUT2D eigenvalue weighted by atomic mass is 10.1. The van der Waals surface area contributed by atoms with Gasteiger partial charge in [0.2, 0.25) is 0 Å². The van der Waals surface area contributed by atoms with E-state index in [0.29, 0.717) is 17.7 Å². The first kappa shape index (κ1) is 14.7. The highest BCUT2D eigenvalue weighted by molar-refractivity contribution is 6.32. The van der Waals surface area contributed by atoms with Crippen molar-refractivity contribution in [3.63, 3.8) is 0 Å². The SMILES string of the molecule is O=CCC(Nc1ccccc1)C(C=O)=Nc1ccccc1. The van der Waals surface area contributed by atoms with Crippen LogP contribution in [-0.2, 0) is 9.59 Å². The normalized spacial score (nSPS) is 12.5. The van der Waals surface area contributed by atoms with Crippen LogP contribution in [0.25, 0.3) is 0 Å². The number of hydrogen-bond donors (Lipinski definition) is 1. The van der Waals surface area contributed by atoms with E-state index < -0.39 is 6.04 Å². The fraction of sp³-hybridized carbons (Fsp3) is 0.118. The van der Waals surface area contributed by atoms with Gasteiger partial charge in [-0.3, -0.25) is 4.79 Å². The van der Waals surface area contributed by atoms with Crippen LogP contribution in [0.1, 0.15) is 6.42 Å². The van der Waals surface area contributed by atoms with Gasteiger partial charge in [0.25, 0.3) is 0 Å². The molecule has 0 bridgehead atoms. The predicted octanol–water partition coefficient (Wildman–Crippen LogP) is 3.03. The predicted molar refractivity (Wildman–Crippen MR) is 84.1 cm³/mol. The van der Waals surface area contributed by atoms with Crippen molar-refractivity contribution in [2.24, 2.45) is 4.99 Å². The molecule has 0 aliphatic rings. The Morgan fingerprint density at radius 3 is 2.19 bits per heavy atom. The van der Waals surface area contributed by atoms with E-state index in [1.807, 2.05) is 60.7 Å². The van der Waals surface area contributed by atoms with Gasteiger partial charge < -0.3 is 10.1 Å². The maximum Gasteiger partial charge on any atom is 0.166 e. The van der Waals surface area contributed by atoms with E-state index in [1.54, 1.807) is 0 Å². The second-order valence-electron chi connectivity index (χ2n) is 4.46. The van der Waals surface area contributed by atoms with E-state index in [4.69, 9.17) is 0 Å². The fourth-order valence-corrected chi connectivity index (χ4v) is 1.92. The molecule has 0 saturated carbocycles. The molecule has 0 aromatic heterocycles. The lowest BCUT2D eigenvalue weighted by molar-refractivity contribution is -0.107. The zero-order valence-electron chi connectivity index (χ0n) is 11.5. The average molecular weight is 280 g/mol. The zero-order valence-corrected chi connectivity index (χ0v) is 11.5. The number of rotatable bonds is 7. The van der Waals surface area contributed by atoms with Gasteiger partial charge in [0.1, 0.15) is 12.0 Å². The van der Waals surface area contributed by atoms with Gasteiger partial charge in [-0.2, -0.15) is 0 Å². The fourth-order valence-electron chi connectivity index (χ4n) is 1.92. The molecule has 0 aliphatic carbocycles. The molecular formula is C17H16N2O2. The Bertz CT molecular complexity index is 609. The molecule has 0 spiro atoms. The number of aldehydes is 2. The Morgan fingerprint density at radius 1 is 1.00 bits per heavy atom. The van der Waals surface area contributed by atoms with Gasteiger partial charge in [0.15, 0.2) is 6.29 Å². The highest BCUT2D eigenvalue weighted by atomic mass is 16.1. The van der Waals surface area contributed by atoms with Crippen molar-refractivity contribution in [2.45, 2.75) is 12.5 Å². The highest BCUT2D eigenvalue weighted by Crippen LogP contribution is 2.14. The van der Waals surface area contributed by atoms with Crippen LogP contribution in [0.3, 0.4) is 0 Å². The molecule has 0 radical (unpaired) electrons. The van der Waals surface area contributed by atoms with Crippen molar-refractivity contribution in [1.82, 2.24) is 0 Å². The number of carbonyl (C=O) groups is 2. The molecule has 21 heavy (non-hydrogen) atoms. The molecule has 0 heterocycles. The van der Waals surface area contributed by atoms with Gasteiger partial charge in [-0.1, -0.05) is 36.4 Å². The third-order valence-electron chi connectivity index (χ3n) is 2.94. The molecule has 1 unspecified atom stereocenters. The number of carbonyl (C=O) groups excluding carboxylic acids is 2. The second kappa shape index (κ2) is 7.75. The largest absolute Gasteiger partial charge is 0.376 e. The summed E-state index contributed by atoms with van der Waals surface area (Å²) < 4.78 is 0. The quantitative estimate of drug-likeness (QED) is 0.626. The summed E-state index contributed by atoms with van der Waals surface area (Å²) in [4.78, 5) is 26.5. The van der Waals surface area contributed by atoms with Crippen molar-refractivity contribution in [3.05, 3.63) is 60.7 Å². The van der Waals surface area contributed by atoms with Crippen LogP contribution in [-0.4, -0.2) is 24.3 Å². The summed E-state index contributed by atoms with van der Waals surface area (Å²) in [5.74, 6) is 0. The molecule has 1 atom stereocenters. The van der Waals surface area contributed by atoms with Crippen molar-refractivity contribution >= 4 is 29.7 Å². The lowest BCUT2D eigenvalue weighted by Crippen LogP contribution is -2.31. The van der Waals surface area contributed by atoms with Gasteiger partial charge >= 0.3 is 0 Å². The monoisotopic (exact) mass is 280 g/mol. The van der Waals surface area contributed by atoms with Gasteiger partial charge in [-0.25, -0.2) is 4.99 Å². The molecule has 2 rings (SSSR count). The van der Waals surface area contributed by atoms with E-state index in [0.717, 1.165) is 12.0 Å². The van der Waals surface area contributed by atoms with Crippen LogP contribution in [0.15, 0.2) is 65.7 Å². The molecule has 0 aliphatic heterocycles. The van der Waals surface area contributed by atoms with Crippen molar-refractivity contribution in [1.29, 1.82) is 0 Å². The zero-order chi connectivity index (χ0) is 14.9. The summed E-state index contributed by atoms with van der Waals surface area (Å²) in [6, 6.07) is 18.2. The topological polar surface area (TPSA) is 58.5 Å². The molecule has 106 valence electrons. The number of hydrogen-bond acceptors (Lipinski definition) is 4. The average Bonchev–Trinajstić information content (AvgIpc) is 2.54. The standard InChI is InChI=1S/C17H16N2O2/c20-12-11-16(18-14-7-3-1-4-8-14)17(13-21)19-15-9-5-2-6-10-15/h1-10,12-13,16,18H,11H2. The summed E-state index contributed by atoms with van der Waals surface area (Å²) in [6.45, 7) is 0. The molecule has 2 aromatic rings. The van der Waals surface area contributed by atoms with Crippen LogP contribution >= 0.6 is 0 Å². The third kappa shape index (κ3) is 4.38. The molecule has 4 heteroatoms. The van der Waals surface area contributed by atoms with Gasteiger partial charge in [0.05, 0.1) is 11.7 Å². The third-order valence-corrected chi connectivity index (χ3v) is 2.94. The summed E-state index contributed by atoms with van der Waals surface area (Å²) >= 11 is 0. The van der Waals surface area contributed by atoms with Crippen LogP contribution in [0.5, 0.6) is 0 Å². The first-order chi connectivity index (χ1) is 10.3. The van der Waals surface area contributed by atoms with Crippen LogP contribution in [0.2, 0.25) is 0 Å². The summed E-state index contributed by atoms with van der Waals surface area (Å²) in [5, 5.41) is 3.16. The minimum Gasteiger partial charge on any atom is -0.376 e. The Balaban J connectivity index is 2.24. The Morgan fingerprint density at radius 2 is 1.62 bits per heavy atom. The minimum atomic E-state index is -0.442. The Kier molecular flexibility index (Phi) is 5.41. The van der Waals surface area contributed by atoms with Crippen LogP contribution in [0.4, 0.5) is 11.4 Å². The molecule has 0 amide bonds. The minimum absolute atomic E-state index is 0.180. The maximum atomic E-state index is 11.3. The van der Waals surface area contributed by atoms with E-state index >= 15 is 0 Å². The molecule has 0 saturated heterocycles. The first-order valence-electron chi connectivity index (χ1n) is 6.67. The smallest absolute Gasteiger partial charge is 0.166 e. The highest BCUT2D eigenvalue weighted by Gasteiger charge is 2.15. The number of aliphatic imine (C=N–C) groups is 1. The number of benzene rings is 2. The summed E-state index contributed by atoms with van der Waals surface area (Å²) in [7, 11) is 0.